The number of anilines is 1. The molecule has 34 heavy (non-hydrogen) atoms. The molecule has 0 radical (unpaired) electrons. The van der Waals surface area contributed by atoms with E-state index in [-0.39, 0.29) is 23.8 Å². The third kappa shape index (κ3) is 4.62. The third-order valence-corrected chi connectivity index (χ3v) is 7.05. The van der Waals surface area contributed by atoms with Gasteiger partial charge in [-0.05, 0) is 30.2 Å². The van der Waals surface area contributed by atoms with E-state index in [4.69, 9.17) is 0 Å². The number of fused-ring (bicyclic) bond motifs is 1. The Morgan fingerprint density at radius 1 is 1.12 bits per heavy atom. The van der Waals surface area contributed by atoms with Crippen molar-refractivity contribution in [3.63, 3.8) is 0 Å². The molecule has 4 rings (SSSR count). The van der Waals surface area contributed by atoms with Gasteiger partial charge in [0.25, 0.3) is 0 Å². The van der Waals surface area contributed by atoms with Crippen molar-refractivity contribution >= 4 is 29.4 Å². The van der Waals surface area contributed by atoms with Crippen molar-refractivity contribution in [3.05, 3.63) is 30.1 Å². The zero-order valence-corrected chi connectivity index (χ0v) is 19.7. The fourth-order valence-electron chi connectivity index (χ4n) is 5.28. The molecule has 1 aromatic rings. The lowest BCUT2D eigenvalue weighted by Crippen LogP contribution is -2.74. The maximum atomic E-state index is 13.6. The van der Waals surface area contributed by atoms with Crippen LogP contribution in [0.5, 0.6) is 0 Å². The second kappa shape index (κ2) is 9.67. The summed E-state index contributed by atoms with van der Waals surface area (Å²) in [4.78, 5) is 57.5. The van der Waals surface area contributed by atoms with Gasteiger partial charge in [0.2, 0.25) is 17.7 Å². The number of halogens is 1. The highest BCUT2D eigenvalue weighted by atomic mass is 19.1. The van der Waals surface area contributed by atoms with Crippen LogP contribution in [-0.4, -0.2) is 102 Å². The highest BCUT2D eigenvalue weighted by Gasteiger charge is 2.53. The highest BCUT2D eigenvalue weighted by molar-refractivity contribution is 6.04. The molecule has 2 N–H and O–H groups in total. The van der Waals surface area contributed by atoms with Crippen molar-refractivity contribution in [1.29, 1.82) is 0 Å². The minimum Gasteiger partial charge on any atom is -0.340 e. The average molecular weight is 475 g/mol. The first-order valence-electron chi connectivity index (χ1n) is 11.5. The Morgan fingerprint density at radius 3 is 2.38 bits per heavy atom. The summed E-state index contributed by atoms with van der Waals surface area (Å²) in [6, 6.07) is 4.60. The molecule has 0 spiro atoms. The van der Waals surface area contributed by atoms with Crippen LogP contribution >= 0.6 is 0 Å². The molecule has 3 aliphatic rings. The minimum atomic E-state index is -0.547. The van der Waals surface area contributed by atoms with Crippen LogP contribution < -0.4 is 10.6 Å². The number of carbonyl (C=O) groups is 4. The molecule has 5 amide bonds. The number of hydrogen-bond acceptors (Lipinski definition) is 6. The van der Waals surface area contributed by atoms with Gasteiger partial charge >= 0.3 is 6.03 Å². The van der Waals surface area contributed by atoms with Crippen molar-refractivity contribution in [2.75, 3.05) is 51.6 Å². The average Bonchev–Trinajstić information content (AvgIpc) is 2.81. The second-order valence-electron chi connectivity index (χ2n) is 9.26. The smallest absolute Gasteiger partial charge is 0.328 e. The van der Waals surface area contributed by atoms with Gasteiger partial charge in [-0.2, -0.15) is 0 Å². The third-order valence-electron chi connectivity index (χ3n) is 7.05. The second-order valence-corrected chi connectivity index (χ2v) is 9.26. The van der Waals surface area contributed by atoms with Crippen molar-refractivity contribution in [2.45, 2.75) is 26.1 Å². The van der Waals surface area contributed by atoms with Gasteiger partial charge in [-0.1, -0.05) is 6.92 Å². The van der Waals surface area contributed by atoms with E-state index >= 15 is 0 Å². The number of hydrogen-bond donors (Lipinski definition) is 2. The summed E-state index contributed by atoms with van der Waals surface area (Å²) in [6.45, 7) is 6.32. The molecule has 1 aromatic carbocycles. The minimum absolute atomic E-state index is 0.0355. The van der Waals surface area contributed by atoms with E-state index in [1.165, 1.54) is 29.2 Å². The highest BCUT2D eigenvalue weighted by Crippen LogP contribution is 2.33. The maximum Gasteiger partial charge on any atom is 0.328 e. The Balaban J connectivity index is 1.51. The fourth-order valence-corrected chi connectivity index (χ4v) is 5.28. The van der Waals surface area contributed by atoms with Gasteiger partial charge in [0, 0.05) is 58.4 Å². The van der Waals surface area contributed by atoms with Crippen LogP contribution in [0, 0.1) is 17.7 Å². The van der Waals surface area contributed by atoms with Gasteiger partial charge in [0.1, 0.15) is 12.4 Å². The van der Waals surface area contributed by atoms with Crippen LogP contribution in [0.4, 0.5) is 14.9 Å². The first-order chi connectivity index (χ1) is 16.2. The van der Waals surface area contributed by atoms with E-state index in [1.54, 1.807) is 18.9 Å². The number of piperidine rings is 1. The number of nitrogens with zero attached hydrogens (tertiary/aromatic N) is 4. The Hall–Kier alpha value is -3.05. The monoisotopic (exact) mass is 474 g/mol. The summed E-state index contributed by atoms with van der Waals surface area (Å²) in [5.41, 5.74) is 0.378. The Labute approximate surface area is 198 Å². The maximum absolute atomic E-state index is 13.6. The number of imide groups is 1. The van der Waals surface area contributed by atoms with E-state index in [0.717, 1.165) is 4.90 Å². The van der Waals surface area contributed by atoms with Gasteiger partial charge in [-0.3, -0.25) is 29.5 Å². The van der Waals surface area contributed by atoms with Crippen LogP contribution in [0.2, 0.25) is 0 Å². The van der Waals surface area contributed by atoms with E-state index in [1.807, 2.05) is 0 Å². The number of carbonyl (C=O) groups excluding carboxylic acids is 4. The summed E-state index contributed by atoms with van der Waals surface area (Å²) in [5.74, 6) is -1.74. The summed E-state index contributed by atoms with van der Waals surface area (Å²) >= 11 is 0. The standard InChI is InChI=1S/C23H31FN6O4/c1-14-12-25-21-19(20(14)29-10-8-28(9-11-29)15(2)31)22(33)30(23(34)27(21)3)13-18(32)26-17-6-4-16(24)5-7-17/h4-7,14,19-21,25H,8-13H2,1-3H3,(H,26,32). The van der Waals surface area contributed by atoms with Crippen LogP contribution in [-0.2, 0) is 14.4 Å². The molecule has 10 nitrogen and oxygen atoms in total. The van der Waals surface area contributed by atoms with Gasteiger partial charge in [-0.25, -0.2) is 9.18 Å². The Morgan fingerprint density at radius 2 is 1.76 bits per heavy atom. The number of nitrogens with one attached hydrogen (secondary N) is 2. The van der Waals surface area contributed by atoms with E-state index in [0.29, 0.717) is 38.4 Å². The molecule has 0 saturated carbocycles. The summed E-state index contributed by atoms with van der Waals surface area (Å²) in [7, 11) is 1.63. The first-order valence-corrected chi connectivity index (χ1v) is 11.5. The molecule has 4 atom stereocenters. The predicted octanol–water partition coefficient (Wildman–Crippen LogP) is 0.373. The largest absolute Gasteiger partial charge is 0.340 e. The van der Waals surface area contributed by atoms with Gasteiger partial charge in [0.15, 0.2) is 0 Å². The lowest BCUT2D eigenvalue weighted by Gasteiger charge is -2.54. The lowest BCUT2D eigenvalue weighted by molar-refractivity contribution is -0.150. The Kier molecular flexibility index (Phi) is 6.85. The quantitative estimate of drug-likeness (QED) is 0.654. The number of piperazine rings is 1. The van der Waals surface area contributed by atoms with E-state index < -0.39 is 36.4 Å². The molecule has 3 aliphatic heterocycles. The van der Waals surface area contributed by atoms with Crippen molar-refractivity contribution in [2.24, 2.45) is 11.8 Å². The van der Waals surface area contributed by atoms with Crippen molar-refractivity contribution < 1.29 is 23.6 Å². The zero-order chi connectivity index (χ0) is 24.6. The molecule has 184 valence electrons. The van der Waals surface area contributed by atoms with Gasteiger partial charge in [-0.15, -0.1) is 0 Å². The SMILES string of the molecule is CC(=O)N1CCN(C2C(C)CNC3C2C(=O)N(CC(=O)Nc2ccc(F)cc2)C(=O)N3C)CC1. The molecule has 0 aromatic heterocycles. The van der Waals surface area contributed by atoms with Crippen molar-refractivity contribution in [1.82, 2.24) is 24.9 Å². The van der Waals surface area contributed by atoms with Crippen LogP contribution in [0.1, 0.15) is 13.8 Å². The number of benzene rings is 1. The first kappa shape index (κ1) is 24.1. The van der Waals surface area contributed by atoms with Crippen LogP contribution in [0.3, 0.4) is 0 Å². The molecule has 3 saturated heterocycles. The topological polar surface area (TPSA) is 105 Å². The number of amides is 5. The van der Waals surface area contributed by atoms with Crippen LogP contribution in [0.15, 0.2) is 24.3 Å². The molecular weight excluding hydrogens is 443 g/mol. The van der Waals surface area contributed by atoms with E-state index in [9.17, 15) is 23.6 Å². The fraction of sp³-hybridized carbons (Fsp3) is 0.565. The summed E-state index contributed by atoms with van der Waals surface area (Å²) < 4.78 is 13.1. The molecular formula is C23H31FN6O4. The van der Waals surface area contributed by atoms with Crippen LogP contribution in [0.25, 0.3) is 0 Å². The normalized spacial score (nSPS) is 28.1. The zero-order valence-electron chi connectivity index (χ0n) is 19.7. The molecule has 3 heterocycles. The molecule has 0 aliphatic carbocycles. The summed E-state index contributed by atoms with van der Waals surface area (Å²) in [6.07, 6.45) is -0.469. The van der Waals surface area contributed by atoms with Gasteiger partial charge < -0.3 is 15.1 Å². The van der Waals surface area contributed by atoms with Gasteiger partial charge in [0.05, 0.1) is 12.1 Å². The summed E-state index contributed by atoms with van der Waals surface area (Å²) in [5, 5.41) is 5.94. The lowest BCUT2D eigenvalue weighted by atomic mass is 9.79. The molecule has 0 bridgehead atoms. The Bertz CT molecular complexity index is 965. The number of urea groups is 1. The number of rotatable bonds is 4. The molecule has 3 fully saturated rings. The molecule has 4 unspecified atom stereocenters. The predicted molar refractivity (Wildman–Crippen MR) is 122 cm³/mol. The van der Waals surface area contributed by atoms with E-state index in [2.05, 4.69) is 22.5 Å². The van der Waals surface area contributed by atoms with Crippen molar-refractivity contribution in [3.8, 4) is 0 Å². The molecule has 11 heteroatoms.